The second-order valence-corrected chi connectivity index (χ2v) is 7.70. The Morgan fingerprint density at radius 1 is 1.16 bits per heavy atom. The third-order valence-electron chi connectivity index (χ3n) is 3.70. The maximum atomic E-state index is 12.1. The molecule has 1 N–H and O–H groups in total. The lowest BCUT2D eigenvalue weighted by molar-refractivity contribution is -0.113. The standard InChI is InChI=1S/C19H22Cl2N2OS/c1-4-23(13(2)3)16-8-6-15(7-9-16)22-19(24)12-25-18-11-14(20)5-10-17(18)21/h5-11,13H,4,12H2,1-3H3,(H,22,24). The molecule has 2 rings (SSSR count). The summed E-state index contributed by atoms with van der Waals surface area (Å²) >= 11 is 13.4. The Kier molecular flexibility index (Phi) is 7.48. The number of carbonyl (C=O) groups excluding carboxylic acids is 1. The van der Waals surface area contributed by atoms with Gasteiger partial charge in [-0.3, -0.25) is 4.79 Å². The van der Waals surface area contributed by atoms with Crippen molar-refractivity contribution in [2.45, 2.75) is 31.7 Å². The molecular weight excluding hydrogens is 375 g/mol. The number of hydrogen-bond donors (Lipinski definition) is 1. The van der Waals surface area contributed by atoms with Crippen LogP contribution in [0.15, 0.2) is 47.4 Å². The summed E-state index contributed by atoms with van der Waals surface area (Å²) in [5.41, 5.74) is 1.93. The highest BCUT2D eigenvalue weighted by molar-refractivity contribution is 8.00. The lowest BCUT2D eigenvalue weighted by Crippen LogP contribution is -2.30. The quantitative estimate of drug-likeness (QED) is 0.585. The molecule has 1 amide bonds. The van der Waals surface area contributed by atoms with Crippen molar-refractivity contribution in [3.05, 3.63) is 52.5 Å². The van der Waals surface area contributed by atoms with E-state index in [1.54, 1.807) is 18.2 Å². The van der Waals surface area contributed by atoms with Crippen LogP contribution < -0.4 is 10.2 Å². The Morgan fingerprint density at radius 2 is 1.84 bits per heavy atom. The molecule has 3 nitrogen and oxygen atoms in total. The van der Waals surface area contributed by atoms with Gasteiger partial charge in [0, 0.05) is 33.9 Å². The molecule has 0 saturated heterocycles. The van der Waals surface area contributed by atoms with Gasteiger partial charge in [0.2, 0.25) is 5.91 Å². The van der Waals surface area contributed by atoms with Gasteiger partial charge in [-0.25, -0.2) is 0 Å². The summed E-state index contributed by atoms with van der Waals surface area (Å²) in [5.74, 6) is 0.194. The molecule has 25 heavy (non-hydrogen) atoms. The van der Waals surface area contributed by atoms with Gasteiger partial charge in [0.05, 0.1) is 10.8 Å². The lowest BCUT2D eigenvalue weighted by atomic mass is 10.2. The topological polar surface area (TPSA) is 32.3 Å². The van der Waals surface area contributed by atoms with Crippen LogP contribution in [-0.4, -0.2) is 24.2 Å². The second kappa shape index (κ2) is 9.37. The summed E-state index contributed by atoms with van der Waals surface area (Å²) in [6.45, 7) is 7.41. The molecule has 0 radical (unpaired) electrons. The van der Waals surface area contributed by atoms with Crippen LogP contribution in [0.2, 0.25) is 10.0 Å². The van der Waals surface area contributed by atoms with Gasteiger partial charge in [0.25, 0.3) is 0 Å². The van der Waals surface area contributed by atoms with Crippen molar-refractivity contribution in [2.75, 3.05) is 22.5 Å². The SMILES string of the molecule is CCN(c1ccc(NC(=O)CSc2cc(Cl)ccc2Cl)cc1)C(C)C. The maximum absolute atomic E-state index is 12.1. The number of nitrogens with one attached hydrogen (secondary N) is 1. The number of halogens is 2. The minimum atomic E-state index is -0.0787. The van der Waals surface area contributed by atoms with Crippen molar-refractivity contribution in [3.8, 4) is 0 Å². The van der Waals surface area contributed by atoms with Crippen molar-refractivity contribution in [3.63, 3.8) is 0 Å². The molecule has 2 aromatic rings. The molecule has 0 bridgehead atoms. The molecule has 0 aliphatic rings. The van der Waals surface area contributed by atoms with Gasteiger partial charge in [0.1, 0.15) is 0 Å². The number of hydrogen-bond acceptors (Lipinski definition) is 3. The smallest absolute Gasteiger partial charge is 0.234 e. The molecule has 0 unspecified atom stereocenters. The fourth-order valence-corrected chi connectivity index (χ4v) is 3.80. The number of amides is 1. The van der Waals surface area contributed by atoms with Gasteiger partial charge in [-0.15, -0.1) is 11.8 Å². The van der Waals surface area contributed by atoms with Gasteiger partial charge >= 0.3 is 0 Å². The highest BCUT2D eigenvalue weighted by atomic mass is 35.5. The number of carbonyl (C=O) groups is 1. The lowest BCUT2D eigenvalue weighted by Gasteiger charge is -2.27. The monoisotopic (exact) mass is 396 g/mol. The van der Waals surface area contributed by atoms with E-state index in [9.17, 15) is 4.79 Å². The maximum Gasteiger partial charge on any atom is 0.234 e. The Balaban J connectivity index is 1.93. The summed E-state index contributed by atoms with van der Waals surface area (Å²) in [5, 5.41) is 4.11. The van der Waals surface area contributed by atoms with E-state index in [0.29, 0.717) is 16.1 Å². The average molecular weight is 397 g/mol. The van der Waals surface area contributed by atoms with E-state index in [4.69, 9.17) is 23.2 Å². The Labute approximate surface area is 163 Å². The predicted molar refractivity (Wildman–Crippen MR) is 110 cm³/mol. The fourth-order valence-electron chi connectivity index (χ4n) is 2.51. The van der Waals surface area contributed by atoms with Crippen LogP contribution in [0.3, 0.4) is 0 Å². The molecule has 0 aromatic heterocycles. The van der Waals surface area contributed by atoms with Crippen molar-refractivity contribution in [1.29, 1.82) is 0 Å². The van der Waals surface area contributed by atoms with Crippen LogP contribution >= 0.6 is 35.0 Å². The Hall–Kier alpha value is -1.36. The molecule has 0 spiro atoms. The van der Waals surface area contributed by atoms with Crippen molar-refractivity contribution in [1.82, 2.24) is 0 Å². The molecule has 0 atom stereocenters. The van der Waals surface area contributed by atoms with Crippen LogP contribution in [0.5, 0.6) is 0 Å². The molecule has 0 heterocycles. The van der Waals surface area contributed by atoms with Crippen LogP contribution in [0.4, 0.5) is 11.4 Å². The van der Waals surface area contributed by atoms with Gasteiger partial charge in [0.15, 0.2) is 0 Å². The van der Waals surface area contributed by atoms with Crippen molar-refractivity contribution in [2.24, 2.45) is 0 Å². The average Bonchev–Trinajstić information content (AvgIpc) is 2.57. The predicted octanol–water partition coefficient (Wildman–Crippen LogP) is 5.96. The van der Waals surface area contributed by atoms with E-state index in [0.717, 1.165) is 22.8 Å². The number of rotatable bonds is 7. The van der Waals surface area contributed by atoms with E-state index in [2.05, 4.69) is 31.0 Å². The Bertz CT molecular complexity index is 720. The zero-order valence-corrected chi connectivity index (χ0v) is 16.9. The van der Waals surface area contributed by atoms with Crippen LogP contribution in [0.25, 0.3) is 0 Å². The molecule has 0 aliphatic carbocycles. The van der Waals surface area contributed by atoms with E-state index < -0.39 is 0 Å². The first kappa shape index (κ1) is 20.0. The third kappa shape index (κ3) is 5.84. The van der Waals surface area contributed by atoms with Gasteiger partial charge < -0.3 is 10.2 Å². The molecule has 0 aliphatic heterocycles. The first-order valence-corrected chi connectivity index (χ1v) is 9.89. The molecule has 134 valence electrons. The normalized spacial score (nSPS) is 10.8. The summed E-state index contributed by atoms with van der Waals surface area (Å²) in [6, 6.07) is 13.6. The molecule has 0 fully saturated rings. The minimum absolute atomic E-state index is 0.0787. The largest absolute Gasteiger partial charge is 0.369 e. The number of thioether (sulfide) groups is 1. The van der Waals surface area contributed by atoms with Gasteiger partial charge in [-0.05, 0) is 63.2 Å². The first-order valence-electron chi connectivity index (χ1n) is 8.15. The van der Waals surface area contributed by atoms with E-state index in [1.165, 1.54) is 11.8 Å². The second-order valence-electron chi connectivity index (χ2n) is 5.84. The summed E-state index contributed by atoms with van der Waals surface area (Å²) in [7, 11) is 0. The zero-order valence-electron chi connectivity index (χ0n) is 14.6. The first-order chi connectivity index (χ1) is 11.9. The van der Waals surface area contributed by atoms with Crippen LogP contribution in [0.1, 0.15) is 20.8 Å². The van der Waals surface area contributed by atoms with Gasteiger partial charge in [-0.2, -0.15) is 0 Å². The number of benzene rings is 2. The summed E-state index contributed by atoms with van der Waals surface area (Å²) in [6.07, 6.45) is 0. The third-order valence-corrected chi connectivity index (χ3v) is 5.43. The minimum Gasteiger partial charge on any atom is -0.369 e. The Morgan fingerprint density at radius 3 is 2.44 bits per heavy atom. The van der Waals surface area contributed by atoms with Gasteiger partial charge in [-0.1, -0.05) is 23.2 Å². The molecule has 0 saturated carbocycles. The summed E-state index contributed by atoms with van der Waals surface area (Å²) < 4.78 is 0. The number of anilines is 2. The highest BCUT2D eigenvalue weighted by Crippen LogP contribution is 2.30. The number of nitrogens with zero attached hydrogens (tertiary/aromatic N) is 1. The zero-order chi connectivity index (χ0) is 18.4. The molecular formula is C19H22Cl2N2OS. The van der Waals surface area contributed by atoms with Crippen LogP contribution in [-0.2, 0) is 4.79 Å². The fraction of sp³-hybridized carbons (Fsp3) is 0.316. The summed E-state index contributed by atoms with van der Waals surface area (Å²) in [4.78, 5) is 15.2. The van der Waals surface area contributed by atoms with E-state index in [1.807, 2.05) is 24.3 Å². The molecule has 6 heteroatoms. The molecule has 2 aromatic carbocycles. The van der Waals surface area contributed by atoms with Crippen LogP contribution in [0, 0.1) is 0 Å². The highest BCUT2D eigenvalue weighted by Gasteiger charge is 2.10. The van der Waals surface area contributed by atoms with Crippen molar-refractivity contribution < 1.29 is 4.79 Å². The van der Waals surface area contributed by atoms with Crippen molar-refractivity contribution >= 4 is 52.2 Å². The van der Waals surface area contributed by atoms with E-state index in [-0.39, 0.29) is 11.7 Å². The van der Waals surface area contributed by atoms with E-state index >= 15 is 0 Å².